The summed E-state index contributed by atoms with van der Waals surface area (Å²) in [6.07, 6.45) is 0.679. The monoisotopic (exact) mass is 151 g/mol. The smallest absolute Gasteiger partial charge is 0.248 e. The summed E-state index contributed by atoms with van der Waals surface area (Å²) in [5, 5.41) is 0. The van der Waals surface area contributed by atoms with Crippen LogP contribution in [0.2, 0.25) is 0 Å². The molecule has 2 nitrogen and oxygen atoms in total. The highest BCUT2D eigenvalue weighted by Crippen LogP contribution is 2.43. The van der Waals surface area contributed by atoms with Gasteiger partial charge in [-0.15, -0.1) is 0 Å². The number of rotatable bonds is 3. The van der Waals surface area contributed by atoms with Gasteiger partial charge in [-0.05, 0) is 12.3 Å². The molecule has 0 radical (unpaired) electrons. The molecule has 0 atom stereocenters. The van der Waals surface area contributed by atoms with Gasteiger partial charge in [-0.2, -0.15) is 0 Å². The van der Waals surface area contributed by atoms with Crippen molar-refractivity contribution in [1.82, 2.24) is 0 Å². The Hall–Kier alpha value is -0.220. The van der Waals surface area contributed by atoms with Gasteiger partial charge in [0, 0.05) is 12.8 Å². The van der Waals surface area contributed by atoms with Crippen molar-refractivity contribution in [3.63, 3.8) is 0 Å². The van der Waals surface area contributed by atoms with Gasteiger partial charge in [-0.3, -0.25) is 0 Å². The van der Waals surface area contributed by atoms with Gasteiger partial charge in [-0.1, -0.05) is 0 Å². The summed E-state index contributed by atoms with van der Waals surface area (Å²) >= 11 is 0. The molecule has 0 heterocycles. The fourth-order valence-electron chi connectivity index (χ4n) is 1.22. The molecule has 2 N–H and O–H groups in total. The van der Waals surface area contributed by atoms with Gasteiger partial charge in [0.05, 0.1) is 6.61 Å². The lowest BCUT2D eigenvalue weighted by Gasteiger charge is -2.34. The molecule has 10 heavy (non-hydrogen) atoms. The Morgan fingerprint density at radius 3 is 2.50 bits per heavy atom. The first-order valence-electron chi connectivity index (χ1n) is 3.33. The first kappa shape index (κ1) is 7.88. The number of halogens is 2. The zero-order valence-corrected chi connectivity index (χ0v) is 5.65. The van der Waals surface area contributed by atoms with Gasteiger partial charge in [-0.25, -0.2) is 14.7 Å². The number of hydrogen-bond acceptors (Lipinski definition) is 2. The van der Waals surface area contributed by atoms with E-state index in [1.807, 2.05) is 0 Å². The Morgan fingerprint density at radius 2 is 2.10 bits per heavy atom. The van der Waals surface area contributed by atoms with Crippen molar-refractivity contribution in [2.75, 3.05) is 6.61 Å². The highest BCUT2D eigenvalue weighted by atomic mass is 19.3. The fourth-order valence-corrected chi connectivity index (χ4v) is 1.22. The maximum atomic E-state index is 12.1. The van der Waals surface area contributed by atoms with Crippen LogP contribution >= 0.6 is 0 Å². The maximum absolute atomic E-state index is 12.1. The minimum atomic E-state index is -2.40. The van der Waals surface area contributed by atoms with Crippen molar-refractivity contribution < 1.29 is 13.6 Å². The van der Waals surface area contributed by atoms with Crippen LogP contribution in [0.15, 0.2) is 0 Å². The van der Waals surface area contributed by atoms with E-state index < -0.39 is 5.92 Å². The van der Waals surface area contributed by atoms with Gasteiger partial charge in [0.15, 0.2) is 0 Å². The largest absolute Gasteiger partial charge is 0.305 e. The third kappa shape index (κ3) is 1.88. The molecule has 1 saturated carbocycles. The molecule has 60 valence electrons. The Balaban J connectivity index is 2.03. The van der Waals surface area contributed by atoms with Crippen molar-refractivity contribution >= 4 is 0 Å². The van der Waals surface area contributed by atoms with Crippen molar-refractivity contribution in [3.05, 3.63) is 0 Å². The normalized spacial score (nSPS) is 24.3. The third-order valence-electron chi connectivity index (χ3n) is 1.82. The molecule has 1 aliphatic carbocycles. The van der Waals surface area contributed by atoms with E-state index in [0.717, 1.165) is 0 Å². The molecule has 4 heteroatoms. The van der Waals surface area contributed by atoms with E-state index in [1.165, 1.54) is 0 Å². The van der Waals surface area contributed by atoms with Gasteiger partial charge in [0.2, 0.25) is 5.92 Å². The molecule has 0 aliphatic heterocycles. The van der Waals surface area contributed by atoms with Crippen molar-refractivity contribution in [1.29, 1.82) is 0 Å². The Bertz CT molecular complexity index is 110. The molecule has 0 amide bonds. The number of hydrogen-bond donors (Lipinski definition) is 1. The van der Waals surface area contributed by atoms with Crippen molar-refractivity contribution in [2.45, 2.75) is 25.2 Å². The van der Waals surface area contributed by atoms with E-state index in [9.17, 15) is 8.78 Å². The molecule has 1 aliphatic rings. The Morgan fingerprint density at radius 1 is 1.50 bits per heavy atom. The zero-order chi connectivity index (χ0) is 7.61. The van der Waals surface area contributed by atoms with E-state index >= 15 is 0 Å². The lowest BCUT2D eigenvalue weighted by atomic mass is 9.79. The number of nitrogens with two attached hydrogens (primary N) is 1. The summed E-state index contributed by atoms with van der Waals surface area (Å²) in [6, 6.07) is 0. The van der Waals surface area contributed by atoms with E-state index in [0.29, 0.717) is 13.0 Å². The molecular weight excluding hydrogens is 140 g/mol. The van der Waals surface area contributed by atoms with Gasteiger partial charge < -0.3 is 4.84 Å². The highest BCUT2D eigenvalue weighted by Gasteiger charge is 2.44. The average molecular weight is 151 g/mol. The minimum absolute atomic E-state index is 0.0103. The van der Waals surface area contributed by atoms with Gasteiger partial charge >= 0.3 is 0 Å². The van der Waals surface area contributed by atoms with Crippen LogP contribution in [0, 0.1) is 5.92 Å². The second kappa shape index (κ2) is 2.80. The van der Waals surface area contributed by atoms with Crippen LogP contribution in [0.4, 0.5) is 8.78 Å². The van der Waals surface area contributed by atoms with Crippen LogP contribution in [0.5, 0.6) is 0 Å². The van der Waals surface area contributed by atoms with Crippen LogP contribution in [0.1, 0.15) is 19.3 Å². The second-order valence-corrected chi connectivity index (χ2v) is 2.79. The molecule has 0 aromatic heterocycles. The highest BCUT2D eigenvalue weighted by molar-refractivity contribution is 4.85. The van der Waals surface area contributed by atoms with Crippen LogP contribution in [-0.4, -0.2) is 12.5 Å². The average Bonchev–Trinajstić information content (AvgIpc) is 1.78. The maximum Gasteiger partial charge on any atom is 0.248 e. The molecule has 0 aromatic carbocycles. The standard InChI is InChI=1S/C6H11F2NO/c7-6(8)3-5(4-6)1-2-10-9/h5H,1-4,9H2. The molecular formula is C6H11F2NO. The first-order chi connectivity index (χ1) is 4.64. The predicted octanol–water partition coefficient (Wildman–Crippen LogP) is 1.31. The van der Waals surface area contributed by atoms with E-state index in [-0.39, 0.29) is 18.8 Å². The lowest BCUT2D eigenvalue weighted by molar-refractivity contribution is -0.116. The number of alkyl halides is 2. The molecule has 1 rings (SSSR count). The molecule has 0 unspecified atom stereocenters. The summed E-state index contributed by atoms with van der Waals surface area (Å²) in [5.74, 6) is 2.46. The lowest BCUT2D eigenvalue weighted by Crippen LogP contribution is -2.36. The van der Waals surface area contributed by atoms with Crippen molar-refractivity contribution in [3.8, 4) is 0 Å². The van der Waals surface area contributed by atoms with E-state index in [4.69, 9.17) is 5.90 Å². The molecule has 0 saturated heterocycles. The summed E-state index contributed by atoms with van der Waals surface area (Å²) < 4.78 is 24.3. The molecule has 0 aromatic rings. The van der Waals surface area contributed by atoms with Crippen molar-refractivity contribution in [2.24, 2.45) is 11.8 Å². The summed E-state index contributed by atoms with van der Waals surface area (Å²) in [4.78, 5) is 4.27. The molecule has 0 bridgehead atoms. The van der Waals surface area contributed by atoms with Crippen LogP contribution in [-0.2, 0) is 4.84 Å². The minimum Gasteiger partial charge on any atom is -0.305 e. The predicted molar refractivity (Wildman–Crippen MR) is 32.4 cm³/mol. The van der Waals surface area contributed by atoms with Crippen LogP contribution in [0.25, 0.3) is 0 Å². The molecule has 0 spiro atoms. The van der Waals surface area contributed by atoms with E-state index in [2.05, 4.69) is 4.84 Å². The molecule has 1 fully saturated rings. The summed E-state index contributed by atoms with van der Waals surface area (Å²) in [7, 11) is 0. The SMILES string of the molecule is NOCCC1CC(F)(F)C1. The Labute approximate surface area is 58.3 Å². The van der Waals surface area contributed by atoms with Gasteiger partial charge in [0.1, 0.15) is 0 Å². The Kier molecular flexibility index (Phi) is 2.21. The summed E-state index contributed by atoms with van der Waals surface area (Å²) in [6.45, 7) is 0.390. The van der Waals surface area contributed by atoms with Gasteiger partial charge in [0.25, 0.3) is 0 Å². The summed E-state index contributed by atoms with van der Waals surface area (Å²) in [5.41, 5.74) is 0. The van der Waals surface area contributed by atoms with E-state index in [1.54, 1.807) is 0 Å². The quantitative estimate of drug-likeness (QED) is 0.617. The van der Waals surface area contributed by atoms with Crippen LogP contribution < -0.4 is 5.90 Å². The topological polar surface area (TPSA) is 35.2 Å². The fraction of sp³-hybridized carbons (Fsp3) is 1.00. The van der Waals surface area contributed by atoms with Crippen LogP contribution in [0.3, 0.4) is 0 Å². The second-order valence-electron chi connectivity index (χ2n) is 2.79. The zero-order valence-electron chi connectivity index (χ0n) is 5.65. The first-order valence-corrected chi connectivity index (χ1v) is 3.33. The third-order valence-corrected chi connectivity index (χ3v) is 1.82.